The predicted octanol–water partition coefficient (Wildman–Crippen LogP) is 4.95. The Bertz CT molecular complexity index is 934. The van der Waals surface area contributed by atoms with Crippen LogP contribution in [0.5, 0.6) is 11.5 Å². The zero-order chi connectivity index (χ0) is 20.3. The molecule has 6 heteroatoms. The molecule has 3 rings (SSSR count). The van der Waals surface area contributed by atoms with Crippen molar-refractivity contribution in [3.8, 4) is 11.5 Å². The summed E-state index contributed by atoms with van der Waals surface area (Å²) in [5.74, 6) is 0.980. The maximum Gasteiger partial charge on any atom is 0.293 e. The Hall–Kier alpha value is -2.73. The number of nitrogens with zero attached hydrogens (tertiary/aromatic N) is 1. The molecular weight excluding hydrogens is 374 g/mol. The molecule has 0 bridgehead atoms. The molecule has 5 nitrogen and oxygen atoms in total. The Labute approximate surface area is 169 Å². The summed E-state index contributed by atoms with van der Waals surface area (Å²) in [5.41, 5.74) is 3.82. The van der Waals surface area contributed by atoms with Crippen LogP contribution in [0.2, 0.25) is 0 Å². The van der Waals surface area contributed by atoms with Crippen molar-refractivity contribution in [1.82, 2.24) is 4.90 Å². The van der Waals surface area contributed by atoms with Gasteiger partial charge in [0.25, 0.3) is 11.1 Å². The zero-order valence-corrected chi connectivity index (χ0v) is 17.3. The number of carbonyl (C=O) groups is 2. The number of aryl methyl sites for hydroxylation is 2. The molecule has 0 atom stereocenters. The lowest BCUT2D eigenvalue weighted by Crippen LogP contribution is -2.27. The Morgan fingerprint density at radius 2 is 1.79 bits per heavy atom. The van der Waals surface area contributed by atoms with E-state index in [1.807, 2.05) is 57.2 Å². The van der Waals surface area contributed by atoms with E-state index in [-0.39, 0.29) is 17.7 Å². The average molecular weight is 397 g/mol. The standard InChI is InChI=1S/C22H23NO4S/c1-5-27-19-11-17(15(3)10-18(19)26-4)12-20-21(24)23(22(25)28-20)13-16-8-6-14(2)7-9-16/h6-12H,5,13H2,1-4H3/b20-12-. The van der Waals surface area contributed by atoms with Crippen molar-refractivity contribution < 1.29 is 19.1 Å². The molecule has 2 amide bonds. The fourth-order valence-electron chi connectivity index (χ4n) is 2.91. The number of hydrogen-bond donors (Lipinski definition) is 0. The minimum Gasteiger partial charge on any atom is -0.493 e. The maximum atomic E-state index is 12.8. The average Bonchev–Trinajstić information content (AvgIpc) is 2.93. The van der Waals surface area contributed by atoms with Gasteiger partial charge in [-0.3, -0.25) is 14.5 Å². The molecule has 146 valence electrons. The lowest BCUT2D eigenvalue weighted by Gasteiger charge is -2.13. The number of ether oxygens (including phenoxy) is 2. The van der Waals surface area contributed by atoms with Gasteiger partial charge in [-0.2, -0.15) is 0 Å². The van der Waals surface area contributed by atoms with Crippen molar-refractivity contribution >= 4 is 29.0 Å². The highest BCUT2D eigenvalue weighted by Crippen LogP contribution is 2.36. The summed E-state index contributed by atoms with van der Waals surface area (Å²) >= 11 is 0.963. The van der Waals surface area contributed by atoms with Gasteiger partial charge in [-0.15, -0.1) is 0 Å². The van der Waals surface area contributed by atoms with Gasteiger partial charge < -0.3 is 9.47 Å². The smallest absolute Gasteiger partial charge is 0.293 e. The number of rotatable bonds is 6. The van der Waals surface area contributed by atoms with E-state index in [1.54, 1.807) is 13.2 Å². The molecule has 0 aliphatic carbocycles. The Morgan fingerprint density at radius 3 is 2.43 bits per heavy atom. The quantitative estimate of drug-likeness (QED) is 0.646. The van der Waals surface area contributed by atoms with Crippen molar-refractivity contribution in [2.45, 2.75) is 27.3 Å². The molecule has 2 aromatic rings. The Balaban J connectivity index is 1.87. The van der Waals surface area contributed by atoms with Crippen molar-refractivity contribution in [3.63, 3.8) is 0 Å². The van der Waals surface area contributed by atoms with Gasteiger partial charge in [-0.05, 0) is 67.4 Å². The van der Waals surface area contributed by atoms with E-state index < -0.39 is 0 Å². The van der Waals surface area contributed by atoms with E-state index in [1.165, 1.54) is 4.90 Å². The molecule has 1 saturated heterocycles. The van der Waals surface area contributed by atoms with E-state index in [4.69, 9.17) is 9.47 Å². The number of carbonyl (C=O) groups excluding carboxylic acids is 2. The Morgan fingerprint density at radius 1 is 1.07 bits per heavy atom. The summed E-state index contributed by atoms with van der Waals surface area (Å²) in [6.07, 6.45) is 1.75. The fraction of sp³-hybridized carbons (Fsp3) is 0.273. The van der Waals surface area contributed by atoms with E-state index in [2.05, 4.69) is 0 Å². The normalized spacial score (nSPS) is 15.4. The number of hydrogen-bond acceptors (Lipinski definition) is 5. The third-order valence-corrected chi connectivity index (χ3v) is 5.38. The topological polar surface area (TPSA) is 55.8 Å². The highest BCUT2D eigenvalue weighted by atomic mass is 32.2. The number of thioether (sulfide) groups is 1. The molecule has 0 radical (unpaired) electrons. The molecule has 0 aromatic heterocycles. The number of imide groups is 1. The van der Waals surface area contributed by atoms with Crippen molar-refractivity contribution in [1.29, 1.82) is 0 Å². The highest BCUT2D eigenvalue weighted by molar-refractivity contribution is 8.18. The molecule has 0 spiro atoms. The van der Waals surface area contributed by atoms with Gasteiger partial charge in [0.2, 0.25) is 0 Å². The molecule has 0 saturated carbocycles. The summed E-state index contributed by atoms with van der Waals surface area (Å²) in [7, 11) is 1.59. The number of amides is 2. The van der Waals surface area contributed by atoms with Gasteiger partial charge in [0.15, 0.2) is 11.5 Å². The summed E-state index contributed by atoms with van der Waals surface area (Å²) in [4.78, 5) is 26.9. The monoisotopic (exact) mass is 397 g/mol. The second kappa shape index (κ2) is 8.52. The third-order valence-electron chi connectivity index (χ3n) is 4.47. The zero-order valence-electron chi connectivity index (χ0n) is 16.4. The molecule has 1 heterocycles. The van der Waals surface area contributed by atoms with Gasteiger partial charge in [0.1, 0.15) is 0 Å². The highest BCUT2D eigenvalue weighted by Gasteiger charge is 2.35. The van der Waals surface area contributed by atoms with Gasteiger partial charge in [-0.25, -0.2) is 0 Å². The molecule has 1 aliphatic heterocycles. The van der Waals surface area contributed by atoms with Crippen LogP contribution < -0.4 is 9.47 Å². The first-order valence-corrected chi connectivity index (χ1v) is 9.87. The summed E-state index contributed by atoms with van der Waals surface area (Å²) < 4.78 is 11.0. The van der Waals surface area contributed by atoms with Gasteiger partial charge in [-0.1, -0.05) is 29.8 Å². The van der Waals surface area contributed by atoms with Crippen LogP contribution in [0.25, 0.3) is 6.08 Å². The van der Waals surface area contributed by atoms with Crippen LogP contribution in [0.1, 0.15) is 29.2 Å². The minimum absolute atomic E-state index is 0.256. The summed E-state index contributed by atoms with van der Waals surface area (Å²) in [5, 5.41) is -0.256. The third kappa shape index (κ3) is 4.22. The summed E-state index contributed by atoms with van der Waals surface area (Å²) in [6.45, 7) is 6.61. The SMILES string of the molecule is CCOc1cc(/C=C2\SC(=O)N(Cc3ccc(C)cc3)C2=O)c(C)cc1OC. The largest absolute Gasteiger partial charge is 0.493 e. The lowest BCUT2D eigenvalue weighted by atomic mass is 10.1. The Kier molecular flexibility index (Phi) is 6.09. The predicted molar refractivity (Wildman–Crippen MR) is 112 cm³/mol. The minimum atomic E-state index is -0.274. The van der Waals surface area contributed by atoms with Crippen LogP contribution in [-0.4, -0.2) is 29.8 Å². The van der Waals surface area contributed by atoms with Crippen molar-refractivity contribution in [2.24, 2.45) is 0 Å². The van der Waals surface area contributed by atoms with E-state index in [0.717, 1.165) is 34.0 Å². The second-order valence-electron chi connectivity index (χ2n) is 6.55. The fourth-order valence-corrected chi connectivity index (χ4v) is 3.74. The molecule has 0 N–H and O–H groups in total. The van der Waals surface area contributed by atoms with Crippen LogP contribution in [-0.2, 0) is 11.3 Å². The molecular formula is C22H23NO4S. The first-order valence-electron chi connectivity index (χ1n) is 9.05. The van der Waals surface area contributed by atoms with Crippen LogP contribution in [0.3, 0.4) is 0 Å². The molecule has 2 aromatic carbocycles. The molecule has 28 heavy (non-hydrogen) atoms. The van der Waals surface area contributed by atoms with Crippen LogP contribution in [0.4, 0.5) is 4.79 Å². The second-order valence-corrected chi connectivity index (χ2v) is 7.54. The molecule has 1 aliphatic rings. The number of benzene rings is 2. The number of methoxy groups -OCH3 is 1. The first kappa shape index (κ1) is 20.0. The van der Waals surface area contributed by atoms with Gasteiger partial charge >= 0.3 is 0 Å². The lowest BCUT2D eigenvalue weighted by molar-refractivity contribution is -0.123. The van der Waals surface area contributed by atoms with Crippen molar-refractivity contribution in [3.05, 3.63) is 63.6 Å². The van der Waals surface area contributed by atoms with Crippen LogP contribution >= 0.6 is 11.8 Å². The van der Waals surface area contributed by atoms with Crippen LogP contribution in [0.15, 0.2) is 41.3 Å². The van der Waals surface area contributed by atoms with Crippen molar-refractivity contribution in [2.75, 3.05) is 13.7 Å². The maximum absolute atomic E-state index is 12.8. The first-order chi connectivity index (χ1) is 13.4. The molecule has 0 unspecified atom stereocenters. The van der Waals surface area contributed by atoms with Gasteiger partial charge in [0.05, 0.1) is 25.2 Å². The molecule has 1 fully saturated rings. The van der Waals surface area contributed by atoms with Gasteiger partial charge in [0, 0.05) is 0 Å². The summed E-state index contributed by atoms with van der Waals surface area (Å²) in [6, 6.07) is 11.5. The van der Waals surface area contributed by atoms with Crippen LogP contribution in [0, 0.1) is 13.8 Å². The van der Waals surface area contributed by atoms with E-state index in [0.29, 0.717) is 23.0 Å². The van der Waals surface area contributed by atoms with E-state index >= 15 is 0 Å². The van der Waals surface area contributed by atoms with E-state index in [9.17, 15) is 9.59 Å².